The van der Waals surface area contributed by atoms with Crippen LogP contribution in [0, 0.1) is 0 Å². The molecule has 0 unspecified atom stereocenters. The zero-order chi connectivity index (χ0) is 15.8. The molecule has 1 rings (SSSR count). The van der Waals surface area contributed by atoms with E-state index in [1.54, 1.807) is 25.9 Å². The molecule has 1 aromatic carbocycles. The molecule has 0 aliphatic rings. The Labute approximate surface area is 130 Å². The zero-order valence-corrected chi connectivity index (χ0v) is 13.4. The molecule has 6 heteroatoms. The SMILES string of the molecule is CCC(=O)NC(=S)Nc1cccc(CCC(=O)N(C)C)c1. The smallest absolute Gasteiger partial charge is 0.225 e. The van der Waals surface area contributed by atoms with Gasteiger partial charge in [-0.2, -0.15) is 0 Å². The first-order valence-corrected chi connectivity index (χ1v) is 7.23. The highest BCUT2D eigenvalue weighted by atomic mass is 32.1. The van der Waals surface area contributed by atoms with E-state index in [4.69, 9.17) is 12.2 Å². The number of aryl methyl sites for hydroxylation is 1. The Kier molecular flexibility index (Phi) is 6.81. The molecule has 0 radical (unpaired) electrons. The van der Waals surface area contributed by atoms with Crippen LogP contribution in [0.25, 0.3) is 0 Å². The molecule has 21 heavy (non-hydrogen) atoms. The molecule has 0 aromatic heterocycles. The molecule has 2 N–H and O–H groups in total. The highest BCUT2D eigenvalue weighted by Gasteiger charge is 2.06. The van der Waals surface area contributed by atoms with E-state index in [1.807, 2.05) is 24.3 Å². The number of hydrogen-bond acceptors (Lipinski definition) is 3. The number of nitrogens with zero attached hydrogens (tertiary/aromatic N) is 1. The summed E-state index contributed by atoms with van der Waals surface area (Å²) in [5.74, 6) is -0.0284. The van der Waals surface area contributed by atoms with Crippen LogP contribution in [0.5, 0.6) is 0 Å². The number of amides is 2. The van der Waals surface area contributed by atoms with Crippen LogP contribution in [0.4, 0.5) is 5.69 Å². The van der Waals surface area contributed by atoms with E-state index in [-0.39, 0.29) is 16.9 Å². The van der Waals surface area contributed by atoms with Crippen LogP contribution in [0.15, 0.2) is 24.3 Å². The van der Waals surface area contributed by atoms with Crippen molar-refractivity contribution in [2.45, 2.75) is 26.2 Å². The van der Waals surface area contributed by atoms with Gasteiger partial charge >= 0.3 is 0 Å². The summed E-state index contributed by atoms with van der Waals surface area (Å²) in [5.41, 5.74) is 1.84. The van der Waals surface area contributed by atoms with Crippen molar-refractivity contribution >= 4 is 34.8 Å². The third kappa shape index (κ3) is 6.35. The van der Waals surface area contributed by atoms with Gasteiger partial charge in [0.15, 0.2) is 5.11 Å². The molecule has 2 amide bonds. The van der Waals surface area contributed by atoms with Crippen LogP contribution in [-0.4, -0.2) is 35.9 Å². The van der Waals surface area contributed by atoms with Crippen molar-refractivity contribution in [3.05, 3.63) is 29.8 Å². The van der Waals surface area contributed by atoms with Gasteiger partial charge in [0.1, 0.15) is 0 Å². The Bertz CT molecular complexity index is 529. The number of hydrogen-bond donors (Lipinski definition) is 2. The molecule has 0 aliphatic heterocycles. The van der Waals surface area contributed by atoms with Crippen molar-refractivity contribution in [3.8, 4) is 0 Å². The lowest BCUT2D eigenvalue weighted by molar-refractivity contribution is -0.128. The summed E-state index contributed by atoms with van der Waals surface area (Å²) in [4.78, 5) is 24.4. The molecule has 0 atom stereocenters. The monoisotopic (exact) mass is 307 g/mol. The van der Waals surface area contributed by atoms with Crippen LogP contribution < -0.4 is 10.6 Å². The topological polar surface area (TPSA) is 61.4 Å². The van der Waals surface area contributed by atoms with Crippen molar-refractivity contribution in [1.29, 1.82) is 0 Å². The van der Waals surface area contributed by atoms with Crippen molar-refractivity contribution in [2.75, 3.05) is 19.4 Å². The zero-order valence-electron chi connectivity index (χ0n) is 12.6. The molecule has 0 heterocycles. The van der Waals surface area contributed by atoms with Gasteiger partial charge in [-0.05, 0) is 36.3 Å². The van der Waals surface area contributed by atoms with Gasteiger partial charge in [0.2, 0.25) is 11.8 Å². The summed E-state index contributed by atoms with van der Waals surface area (Å²) in [7, 11) is 3.49. The van der Waals surface area contributed by atoms with Crippen molar-refractivity contribution in [3.63, 3.8) is 0 Å². The van der Waals surface area contributed by atoms with E-state index in [0.29, 0.717) is 19.3 Å². The molecule has 0 saturated carbocycles. The quantitative estimate of drug-likeness (QED) is 0.816. The van der Waals surface area contributed by atoms with Gasteiger partial charge < -0.3 is 15.5 Å². The first-order valence-electron chi connectivity index (χ1n) is 6.82. The number of benzene rings is 1. The van der Waals surface area contributed by atoms with Crippen molar-refractivity contribution in [1.82, 2.24) is 10.2 Å². The molecule has 5 nitrogen and oxygen atoms in total. The van der Waals surface area contributed by atoms with Crippen molar-refractivity contribution in [2.24, 2.45) is 0 Å². The fourth-order valence-corrected chi connectivity index (χ4v) is 1.89. The highest BCUT2D eigenvalue weighted by molar-refractivity contribution is 7.80. The fraction of sp³-hybridized carbons (Fsp3) is 0.400. The molecule has 0 saturated heterocycles. The summed E-state index contributed by atoms with van der Waals surface area (Å²) in [6.45, 7) is 1.76. The minimum atomic E-state index is -0.125. The van der Waals surface area contributed by atoms with E-state index in [9.17, 15) is 9.59 Å². The number of rotatable bonds is 5. The summed E-state index contributed by atoms with van der Waals surface area (Å²) < 4.78 is 0. The first kappa shape index (κ1) is 17.1. The molecule has 114 valence electrons. The van der Waals surface area contributed by atoms with E-state index in [1.165, 1.54) is 0 Å². The maximum absolute atomic E-state index is 11.6. The minimum Gasteiger partial charge on any atom is -0.349 e. The standard InChI is InChI=1S/C15H21N3O2S/c1-4-13(19)17-15(21)16-12-7-5-6-11(10-12)8-9-14(20)18(2)3/h5-7,10H,4,8-9H2,1-3H3,(H2,16,17,19,21). The van der Waals surface area contributed by atoms with Gasteiger partial charge in [-0.1, -0.05) is 19.1 Å². The van der Waals surface area contributed by atoms with Gasteiger partial charge in [0.25, 0.3) is 0 Å². The number of carbonyl (C=O) groups is 2. The van der Waals surface area contributed by atoms with Gasteiger partial charge in [-0.25, -0.2) is 0 Å². The lowest BCUT2D eigenvalue weighted by Gasteiger charge is -2.12. The Morgan fingerprint density at radius 2 is 2.00 bits per heavy atom. The third-order valence-corrected chi connectivity index (χ3v) is 3.09. The van der Waals surface area contributed by atoms with Crippen LogP contribution >= 0.6 is 12.2 Å². The number of nitrogens with one attached hydrogen (secondary N) is 2. The highest BCUT2D eigenvalue weighted by Crippen LogP contribution is 2.12. The average Bonchev–Trinajstić information content (AvgIpc) is 2.44. The van der Waals surface area contributed by atoms with Gasteiger partial charge in [0, 0.05) is 32.6 Å². The fourth-order valence-electron chi connectivity index (χ4n) is 1.66. The second-order valence-electron chi connectivity index (χ2n) is 4.84. The number of anilines is 1. The minimum absolute atomic E-state index is 0.0964. The van der Waals surface area contributed by atoms with E-state index in [0.717, 1.165) is 11.3 Å². The van der Waals surface area contributed by atoms with E-state index >= 15 is 0 Å². The molecule has 0 fully saturated rings. The second-order valence-corrected chi connectivity index (χ2v) is 5.25. The number of carbonyl (C=O) groups excluding carboxylic acids is 2. The summed E-state index contributed by atoms with van der Waals surface area (Å²) >= 11 is 5.06. The van der Waals surface area contributed by atoms with Crippen LogP contribution in [0.2, 0.25) is 0 Å². The van der Waals surface area contributed by atoms with Crippen LogP contribution in [-0.2, 0) is 16.0 Å². The van der Waals surface area contributed by atoms with E-state index in [2.05, 4.69) is 10.6 Å². The maximum Gasteiger partial charge on any atom is 0.225 e. The Hall–Kier alpha value is -1.95. The molecule has 0 spiro atoms. The normalized spacial score (nSPS) is 9.86. The predicted octanol–water partition coefficient (Wildman–Crippen LogP) is 1.93. The lowest BCUT2D eigenvalue weighted by atomic mass is 10.1. The average molecular weight is 307 g/mol. The molecule has 0 aliphatic carbocycles. The first-order chi connectivity index (χ1) is 9.92. The van der Waals surface area contributed by atoms with Crippen LogP contribution in [0.1, 0.15) is 25.3 Å². The predicted molar refractivity (Wildman–Crippen MR) is 88.1 cm³/mol. The Morgan fingerprint density at radius 1 is 1.29 bits per heavy atom. The van der Waals surface area contributed by atoms with Crippen molar-refractivity contribution < 1.29 is 9.59 Å². The van der Waals surface area contributed by atoms with Crippen LogP contribution in [0.3, 0.4) is 0 Å². The van der Waals surface area contributed by atoms with Gasteiger partial charge in [0.05, 0.1) is 0 Å². The maximum atomic E-state index is 11.6. The Morgan fingerprint density at radius 3 is 2.62 bits per heavy atom. The molecular formula is C15H21N3O2S. The summed E-state index contributed by atoms with van der Waals surface area (Å²) in [6.07, 6.45) is 1.52. The summed E-state index contributed by atoms with van der Waals surface area (Å²) in [5, 5.41) is 5.83. The summed E-state index contributed by atoms with van der Waals surface area (Å²) in [6, 6.07) is 7.64. The van der Waals surface area contributed by atoms with Gasteiger partial charge in [-0.15, -0.1) is 0 Å². The molecular weight excluding hydrogens is 286 g/mol. The largest absolute Gasteiger partial charge is 0.349 e. The third-order valence-electron chi connectivity index (χ3n) is 2.89. The molecule has 1 aromatic rings. The second kappa shape index (κ2) is 8.36. The Balaban J connectivity index is 2.58. The van der Waals surface area contributed by atoms with E-state index < -0.39 is 0 Å². The molecule has 0 bridgehead atoms. The number of thiocarbonyl (C=S) groups is 1. The lowest BCUT2D eigenvalue weighted by Crippen LogP contribution is -2.33. The van der Waals surface area contributed by atoms with Gasteiger partial charge in [-0.3, -0.25) is 9.59 Å².